The van der Waals surface area contributed by atoms with Gasteiger partial charge >= 0.3 is 11.9 Å². The fourth-order valence-electron chi connectivity index (χ4n) is 5.45. The molecule has 0 saturated carbocycles. The first-order chi connectivity index (χ1) is 20.6. The van der Waals surface area contributed by atoms with Gasteiger partial charge < -0.3 is 9.84 Å². The summed E-state index contributed by atoms with van der Waals surface area (Å²) in [6.45, 7) is 4.52. The van der Waals surface area contributed by atoms with E-state index in [4.69, 9.17) is 9.84 Å². The van der Waals surface area contributed by atoms with Crippen molar-refractivity contribution in [2.24, 2.45) is 0 Å². The van der Waals surface area contributed by atoms with Crippen molar-refractivity contribution in [1.29, 1.82) is 0 Å². The average molecular weight is 591 g/mol. The molecule has 0 bridgehead atoms. The molecule has 0 amide bonds. The van der Waals surface area contributed by atoms with E-state index >= 15 is 0 Å². The lowest BCUT2D eigenvalue weighted by Crippen LogP contribution is -2.18. The second-order valence-electron chi connectivity index (χ2n) is 12.4. The van der Waals surface area contributed by atoms with Gasteiger partial charge in [0.25, 0.3) is 0 Å². The molecule has 0 fully saturated rings. The molecule has 1 atom stereocenters. The average Bonchev–Trinajstić information content (AvgIpc) is 2.97. The molecular weight excluding hydrogens is 520 g/mol. The summed E-state index contributed by atoms with van der Waals surface area (Å²) in [5, 5.41) is 8.78. The van der Waals surface area contributed by atoms with Crippen molar-refractivity contribution in [2.45, 2.75) is 206 Å². The van der Waals surface area contributed by atoms with Crippen molar-refractivity contribution in [2.75, 3.05) is 0 Å². The summed E-state index contributed by atoms with van der Waals surface area (Å²) >= 11 is 0. The second kappa shape index (κ2) is 33.9. The van der Waals surface area contributed by atoms with Gasteiger partial charge in [0.15, 0.2) is 0 Å². The highest BCUT2D eigenvalue weighted by Crippen LogP contribution is 2.18. The molecular formula is C38H70O4. The molecule has 246 valence electrons. The van der Waals surface area contributed by atoms with Gasteiger partial charge in [-0.15, -0.1) is 0 Å². The van der Waals surface area contributed by atoms with Crippen LogP contribution in [0.3, 0.4) is 0 Å². The summed E-state index contributed by atoms with van der Waals surface area (Å²) in [7, 11) is 0. The van der Waals surface area contributed by atoms with E-state index in [1.54, 1.807) is 0 Å². The first-order valence-electron chi connectivity index (χ1n) is 18.3. The second-order valence-corrected chi connectivity index (χ2v) is 12.4. The Kier molecular flexibility index (Phi) is 32.6. The molecule has 1 N–H and O–H groups in total. The van der Waals surface area contributed by atoms with Gasteiger partial charge in [-0.1, -0.05) is 141 Å². The van der Waals surface area contributed by atoms with Crippen molar-refractivity contribution >= 4 is 11.9 Å². The van der Waals surface area contributed by atoms with E-state index in [1.807, 2.05) is 0 Å². The number of esters is 1. The SMILES string of the molecule is CCCCCC/C=C\C/C=C\CCCCCCCC(=O)OC(CCCCCCCCCC)CCCCCCCC(=O)O. The molecule has 0 heterocycles. The minimum Gasteiger partial charge on any atom is -0.481 e. The Morgan fingerprint density at radius 3 is 1.43 bits per heavy atom. The number of carbonyl (C=O) groups excluding carboxylic acids is 1. The van der Waals surface area contributed by atoms with E-state index in [0.717, 1.165) is 77.0 Å². The third-order valence-corrected chi connectivity index (χ3v) is 8.18. The van der Waals surface area contributed by atoms with Crippen LogP contribution in [0.25, 0.3) is 0 Å². The highest BCUT2D eigenvalue weighted by Gasteiger charge is 2.14. The van der Waals surface area contributed by atoms with E-state index in [0.29, 0.717) is 6.42 Å². The first-order valence-corrected chi connectivity index (χ1v) is 18.3. The third-order valence-electron chi connectivity index (χ3n) is 8.18. The van der Waals surface area contributed by atoms with Gasteiger partial charge in [-0.3, -0.25) is 9.59 Å². The van der Waals surface area contributed by atoms with E-state index < -0.39 is 5.97 Å². The molecule has 42 heavy (non-hydrogen) atoms. The van der Waals surface area contributed by atoms with Crippen LogP contribution in [-0.4, -0.2) is 23.1 Å². The summed E-state index contributed by atoms with van der Waals surface area (Å²) in [5.41, 5.74) is 0. The summed E-state index contributed by atoms with van der Waals surface area (Å²) < 4.78 is 5.96. The molecule has 0 aromatic heterocycles. The third kappa shape index (κ3) is 32.9. The Bertz CT molecular complexity index is 639. The molecule has 0 aromatic rings. The molecule has 1 unspecified atom stereocenters. The Morgan fingerprint density at radius 2 is 0.929 bits per heavy atom. The molecule has 0 saturated heterocycles. The van der Waals surface area contributed by atoms with Crippen LogP contribution in [0.5, 0.6) is 0 Å². The summed E-state index contributed by atoms with van der Waals surface area (Å²) in [6.07, 6.45) is 41.9. The lowest BCUT2D eigenvalue weighted by Gasteiger charge is -2.18. The number of carboxylic acid groups (broad SMARTS) is 1. The lowest BCUT2D eigenvalue weighted by molar-refractivity contribution is -0.150. The van der Waals surface area contributed by atoms with Gasteiger partial charge in [-0.25, -0.2) is 0 Å². The van der Waals surface area contributed by atoms with Crippen LogP contribution < -0.4 is 0 Å². The molecule has 4 nitrogen and oxygen atoms in total. The number of hydrogen-bond acceptors (Lipinski definition) is 3. The number of aliphatic carboxylic acids is 1. The summed E-state index contributed by atoms with van der Waals surface area (Å²) in [4.78, 5) is 23.3. The van der Waals surface area contributed by atoms with Gasteiger partial charge in [-0.05, 0) is 70.6 Å². The highest BCUT2D eigenvalue weighted by molar-refractivity contribution is 5.69. The number of unbranched alkanes of at least 4 members (excludes halogenated alkanes) is 20. The zero-order chi connectivity index (χ0) is 30.8. The monoisotopic (exact) mass is 591 g/mol. The van der Waals surface area contributed by atoms with Crippen molar-refractivity contribution in [3.05, 3.63) is 24.3 Å². The Labute approximate surface area is 261 Å². The molecule has 0 rings (SSSR count). The fraction of sp³-hybridized carbons (Fsp3) is 0.842. The highest BCUT2D eigenvalue weighted by atomic mass is 16.5. The molecule has 0 spiro atoms. The van der Waals surface area contributed by atoms with Crippen LogP contribution in [0.2, 0.25) is 0 Å². The van der Waals surface area contributed by atoms with E-state index in [9.17, 15) is 9.59 Å². The Morgan fingerprint density at radius 1 is 0.524 bits per heavy atom. The number of ether oxygens (including phenoxy) is 1. The normalized spacial score (nSPS) is 12.4. The summed E-state index contributed by atoms with van der Waals surface area (Å²) in [6, 6.07) is 0. The standard InChI is InChI=1S/C38H70O4/c1-3-5-7-9-11-13-14-15-16-17-18-19-20-22-27-31-35-38(41)42-36(32-28-24-21-12-10-8-6-4-2)33-29-25-23-26-30-34-37(39)40/h13-14,16-17,36H,3-12,15,18-35H2,1-2H3,(H,39,40)/b14-13-,17-16-. The van der Waals surface area contributed by atoms with Crippen LogP contribution in [0, 0.1) is 0 Å². The van der Waals surface area contributed by atoms with Gasteiger partial charge in [0, 0.05) is 12.8 Å². The van der Waals surface area contributed by atoms with Gasteiger partial charge in [0.05, 0.1) is 0 Å². The topological polar surface area (TPSA) is 63.6 Å². The Balaban J connectivity index is 4.00. The first kappa shape index (κ1) is 40.4. The lowest BCUT2D eigenvalue weighted by atomic mass is 10.0. The van der Waals surface area contributed by atoms with Crippen LogP contribution in [-0.2, 0) is 14.3 Å². The number of allylic oxidation sites excluding steroid dienone is 4. The number of rotatable bonds is 33. The van der Waals surface area contributed by atoms with Crippen LogP contribution in [0.15, 0.2) is 24.3 Å². The van der Waals surface area contributed by atoms with Crippen LogP contribution in [0.4, 0.5) is 0 Å². The zero-order valence-electron chi connectivity index (χ0n) is 28.1. The zero-order valence-corrected chi connectivity index (χ0v) is 28.1. The van der Waals surface area contributed by atoms with Gasteiger partial charge in [0.1, 0.15) is 6.10 Å². The molecule has 0 aliphatic rings. The van der Waals surface area contributed by atoms with Crippen LogP contribution >= 0.6 is 0 Å². The predicted molar refractivity (Wildman–Crippen MR) is 181 cm³/mol. The molecule has 0 aliphatic carbocycles. The molecule has 0 aliphatic heterocycles. The minimum atomic E-state index is -0.702. The van der Waals surface area contributed by atoms with E-state index in [2.05, 4.69) is 38.2 Å². The van der Waals surface area contributed by atoms with Crippen molar-refractivity contribution in [3.63, 3.8) is 0 Å². The maximum absolute atomic E-state index is 12.6. The number of carboxylic acids is 1. The minimum absolute atomic E-state index is 0.0117. The van der Waals surface area contributed by atoms with Crippen LogP contribution in [0.1, 0.15) is 200 Å². The largest absolute Gasteiger partial charge is 0.481 e. The van der Waals surface area contributed by atoms with Gasteiger partial charge in [-0.2, -0.15) is 0 Å². The molecule has 0 aromatic carbocycles. The number of carbonyl (C=O) groups is 2. The van der Waals surface area contributed by atoms with E-state index in [1.165, 1.54) is 96.3 Å². The predicted octanol–water partition coefficient (Wildman–Crippen LogP) is 12.4. The summed E-state index contributed by atoms with van der Waals surface area (Å²) in [5.74, 6) is -0.714. The van der Waals surface area contributed by atoms with Crippen molar-refractivity contribution < 1.29 is 19.4 Å². The molecule has 4 heteroatoms. The van der Waals surface area contributed by atoms with E-state index in [-0.39, 0.29) is 18.5 Å². The van der Waals surface area contributed by atoms with Crippen molar-refractivity contribution in [3.8, 4) is 0 Å². The van der Waals surface area contributed by atoms with Crippen molar-refractivity contribution in [1.82, 2.24) is 0 Å². The number of hydrogen-bond donors (Lipinski definition) is 1. The maximum Gasteiger partial charge on any atom is 0.306 e. The Hall–Kier alpha value is -1.58. The fourth-order valence-corrected chi connectivity index (χ4v) is 5.45. The maximum atomic E-state index is 12.6. The molecule has 0 radical (unpaired) electrons. The quantitative estimate of drug-likeness (QED) is 0.0469. The smallest absolute Gasteiger partial charge is 0.306 e. The van der Waals surface area contributed by atoms with Gasteiger partial charge in [0.2, 0.25) is 0 Å².